The lowest BCUT2D eigenvalue weighted by atomic mass is 10.1. The van der Waals surface area contributed by atoms with E-state index in [0.29, 0.717) is 11.9 Å². The molecule has 1 aromatic heterocycles. The van der Waals surface area contributed by atoms with Crippen molar-refractivity contribution in [3.8, 4) is 0 Å². The van der Waals surface area contributed by atoms with E-state index in [9.17, 15) is 4.79 Å². The van der Waals surface area contributed by atoms with Gasteiger partial charge in [-0.3, -0.25) is 4.79 Å². The van der Waals surface area contributed by atoms with Crippen molar-refractivity contribution in [1.29, 1.82) is 0 Å². The zero-order chi connectivity index (χ0) is 10.1. The van der Waals surface area contributed by atoms with E-state index in [-0.39, 0.29) is 5.56 Å². The average molecular weight is 188 g/mol. The fourth-order valence-corrected chi connectivity index (χ4v) is 1.70. The molecular weight excluding hydrogens is 176 g/mol. The highest BCUT2D eigenvalue weighted by molar-refractivity contribution is 5.85. The van der Waals surface area contributed by atoms with Crippen LogP contribution in [0.3, 0.4) is 0 Å². The summed E-state index contributed by atoms with van der Waals surface area (Å²) in [6.07, 6.45) is 0. The molecule has 3 nitrogen and oxygen atoms in total. The molecule has 3 heteroatoms. The minimum atomic E-state index is -0.0546. The maximum atomic E-state index is 11.7. The van der Waals surface area contributed by atoms with Gasteiger partial charge in [0.05, 0.1) is 5.39 Å². The van der Waals surface area contributed by atoms with E-state index in [4.69, 9.17) is 5.73 Å². The zero-order valence-electron chi connectivity index (χ0n) is 8.00. The molecule has 1 heterocycles. The van der Waals surface area contributed by atoms with Crippen molar-refractivity contribution in [3.63, 3.8) is 0 Å². The number of aromatic amines is 1. The van der Waals surface area contributed by atoms with Crippen molar-refractivity contribution in [1.82, 2.24) is 4.98 Å². The molecule has 2 rings (SSSR count). The Morgan fingerprint density at radius 3 is 2.93 bits per heavy atom. The predicted octanol–water partition coefficient (Wildman–Crippen LogP) is 1.30. The van der Waals surface area contributed by atoms with E-state index in [1.165, 1.54) is 0 Å². The molecule has 0 radical (unpaired) electrons. The fraction of sp³-hybridized carbons (Fsp3) is 0.182. The number of nitrogens with one attached hydrogen (secondary N) is 1. The summed E-state index contributed by atoms with van der Waals surface area (Å²) < 4.78 is 0. The molecule has 14 heavy (non-hydrogen) atoms. The second-order valence-corrected chi connectivity index (χ2v) is 3.37. The van der Waals surface area contributed by atoms with Crippen molar-refractivity contribution in [2.45, 2.75) is 13.5 Å². The summed E-state index contributed by atoms with van der Waals surface area (Å²) in [6, 6.07) is 7.68. The molecule has 0 amide bonds. The summed E-state index contributed by atoms with van der Waals surface area (Å²) in [7, 11) is 0. The maximum absolute atomic E-state index is 11.7. The van der Waals surface area contributed by atoms with Crippen LogP contribution in [0.1, 0.15) is 11.3 Å². The molecule has 0 fully saturated rings. The second-order valence-electron chi connectivity index (χ2n) is 3.37. The lowest BCUT2D eigenvalue weighted by Crippen LogP contribution is -2.11. The van der Waals surface area contributed by atoms with Crippen molar-refractivity contribution < 1.29 is 0 Å². The second kappa shape index (κ2) is 3.27. The molecule has 0 aliphatic carbocycles. The van der Waals surface area contributed by atoms with Crippen LogP contribution >= 0.6 is 0 Å². The molecule has 0 atom stereocenters. The van der Waals surface area contributed by atoms with E-state index >= 15 is 0 Å². The molecule has 0 bridgehead atoms. The molecule has 3 N–H and O–H groups in total. The molecule has 0 spiro atoms. The number of benzene rings is 1. The van der Waals surface area contributed by atoms with Gasteiger partial charge in [-0.25, -0.2) is 0 Å². The summed E-state index contributed by atoms with van der Waals surface area (Å²) in [5, 5.41) is 1.66. The lowest BCUT2D eigenvalue weighted by molar-refractivity contribution is 1.07. The van der Waals surface area contributed by atoms with Crippen LogP contribution in [0.15, 0.2) is 29.1 Å². The SMILES string of the molecule is Cc1cc2cccc(CN)c2c(=O)[nH]1. The highest BCUT2D eigenvalue weighted by atomic mass is 16.1. The van der Waals surface area contributed by atoms with Gasteiger partial charge >= 0.3 is 0 Å². The van der Waals surface area contributed by atoms with Crippen LogP contribution in [0.5, 0.6) is 0 Å². The Labute approximate surface area is 81.6 Å². The van der Waals surface area contributed by atoms with E-state index in [2.05, 4.69) is 4.98 Å². The van der Waals surface area contributed by atoms with Crippen molar-refractivity contribution in [2.75, 3.05) is 0 Å². The van der Waals surface area contributed by atoms with Crippen LogP contribution in [-0.2, 0) is 6.54 Å². The number of rotatable bonds is 1. The Bertz CT molecular complexity index is 528. The third-order valence-electron chi connectivity index (χ3n) is 2.31. The zero-order valence-corrected chi connectivity index (χ0v) is 8.00. The third-order valence-corrected chi connectivity index (χ3v) is 2.31. The van der Waals surface area contributed by atoms with Gasteiger partial charge in [0, 0.05) is 12.2 Å². The van der Waals surface area contributed by atoms with Gasteiger partial charge in [-0.1, -0.05) is 18.2 Å². The topological polar surface area (TPSA) is 58.9 Å². The van der Waals surface area contributed by atoms with Gasteiger partial charge < -0.3 is 10.7 Å². The third kappa shape index (κ3) is 1.32. The maximum Gasteiger partial charge on any atom is 0.256 e. The van der Waals surface area contributed by atoms with Crippen LogP contribution in [0.2, 0.25) is 0 Å². The smallest absolute Gasteiger partial charge is 0.256 e. The van der Waals surface area contributed by atoms with E-state index in [1.54, 1.807) is 0 Å². The number of nitrogens with two attached hydrogens (primary N) is 1. The average Bonchev–Trinajstić information content (AvgIpc) is 2.16. The lowest BCUT2D eigenvalue weighted by Gasteiger charge is -2.03. The highest BCUT2D eigenvalue weighted by Crippen LogP contribution is 2.14. The largest absolute Gasteiger partial charge is 0.326 e. The number of pyridine rings is 1. The van der Waals surface area contributed by atoms with Crippen LogP contribution in [0.4, 0.5) is 0 Å². The number of aryl methyl sites for hydroxylation is 1. The van der Waals surface area contributed by atoms with Crippen LogP contribution in [0.25, 0.3) is 10.8 Å². The summed E-state index contributed by atoms with van der Waals surface area (Å²) in [4.78, 5) is 14.4. The Balaban J connectivity index is 2.94. The monoisotopic (exact) mass is 188 g/mol. The van der Waals surface area contributed by atoms with Gasteiger partial charge in [-0.2, -0.15) is 0 Å². The number of hydrogen-bond donors (Lipinski definition) is 2. The van der Waals surface area contributed by atoms with Crippen molar-refractivity contribution >= 4 is 10.8 Å². The summed E-state index contributed by atoms with van der Waals surface area (Å²) >= 11 is 0. The normalized spacial score (nSPS) is 10.7. The van der Waals surface area contributed by atoms with E-state index < -0.39 is 0 Å². The predicted molar refractivity (Wildman–Crippen MR) is 57.2 cm³/mol. The summed E-state index contributed by atoms with van der Waals surface area (Å²) in [5.74, 6) is 0. The van der Waals surface area contributed by atoms with Gasteiger partial charge in [0.25, 0.3) is 5.56 Å². The summed E-state index contributed by atoms with van der Waals surface area (Å²) in [5.41, 5.74) is 7.28. The Kier molecular flexibility index (Phi) is 2.09. The number of aromatic nitrogens is 1. The molecule has 0 aliphatic heterocycles. The highest BCUT2D eigenvalue weighted by Gasteiger charge is 2.03. The summed E-state index contributed by atoms with van der Waals surface area (Å²) in [6.45, 7) is 2.26. The quantitative estimate of drug-likeness (QED) is 0.708. The number of H-pyrrole nitrogens is 1. The first-order valence-corrected chi connectivity index (χ1v) is 4.54. The molecule has 72 valence electrons. The number of hydrogen-bond acceptors (Lipinski definition) is 2. The van der Waals surface area contributed by atoms with Gasteiger partial charge in [-0.05, 0) is 23.9 Å². The van der Waals surface area contributed by atoms with E-state index in [1.807, 2.05) is 31.2 Å². The van der Waals surface area contributed by atoms with E-state index in [0.717, 1.165) is 16.6 Å². The molecule has 1 aromatic carbocycles. The Hall–Kier alpha value is -1.61. The fourth-order valence-electron chi connectivity index (χ4n) is 1.70. The molecule has 2 aromatic rings. The minimum absolute atomic E-state index is 0.0546. The molecule has 0 saturated carbocycles. The standard InChI is InChI=1S/C11H12N2O/c1-7-5-8-3-2-4-9(6-12)10(8)11(14)13-7/h2-5H,6,12H2,1H3,(H,13,14). The van der Waals surface area contributed by atoms with Crippen LogP contribution < -0.4 is 11.3 Å². The van der Waals surface area contributed by atoms with Crippen LogP contribution in [-0.4, -0.2) is 4.98 Å². The van der Waals surface area contributed by atoms with Crippen LogP contribution in [0, 0.1) is 6.92 Å². The number of fused-ring (bicyclic) bond motifs is 1. The van der Waals surface area contributed by atoms with Gasteiger partial charge in [0.2, 0.25) is 0 Å². The van der Waals surface area contributed by atoms with Gasteiger partial charge in [0.1, 0.15) is 0 Å². The molecule has 0 unspecified atom stereocenters. The molecule has 0 aliphatic rings. The Morgan fingerprint density at radius 2 is 2.21 bits per heavy atom. The first-order chi connectivity index (χ1) is 6.72. The first kappa shape index (κ1) is 8.97. The molecule has 0 saturated heterocycles. The minimum Gasteiger partial charge on any atom is -0.326 e. The van der Waals surface area contributed by atoms with Crippen molar-refractivity contribution in [3.05, 3.63) is 45.9 Å². The first-order valence-electron chi connectivity index (χ1n) is 4.54. The van der Waals surface area contributed by atoms with Crippen molar-refractivity contribution in [2.24, 2.45) is 5.73 Å². The molecular formula is C11H12N2O. The van der Waals surface area contributed by atoms with Gasteiger partial charge in [0.15, 0.2) is 0 Å². The van der Waals surface area contributed by atoms with Gasteiger partial charge in [-0.15, -0.1) is 0 Å². The Morgan fingerprint density at radius 1 is 1.43 bits per heavy atom.